The van der Waals surface area contributed by atoms with Crippen molar-refractivity contribution in [2.24, 2.45) is 5.92 Å². The van der Waals surface area contributed by atoms with Gasteiger partial charge in [-0.05, 0) is 34.6 Å². The molecule has 2 atom stereocenters. The summed E-state index contributed by atoms with van der Waals surface area (Å²) in [6.07, 6.45) is 3.81. The van der Waals surface area contributed by atoms with Crippen molar-refractivity contribution < 1.29 is 0 Å². The van der Waals surface area contributed by atoms with Gasteiger partial charge in [0, 0.05) is 0 Å². The second-order valence-electron chi connectivity index (χ2n) is 6.36. The van der Waals surface area contributed by atoms with Crippen molar-refractivity contribution in [3.05, 3.63) is 41.5 Å². The van der Waals surface area contributed by atoms with Gasteiger partial charge >= 0.3 is 0 Å². The van der Waals surface area contributed by atoms with Gasteiger partial charge in [-0.3, -0.25) is 0 Å². The lowest BCUT2D eigenvalue weighted by Gasteiger charge is -2.24. The van der Waals surface area contributed by atoms with Gasteiger partial charge < -0.3 is 0 Å². The van der Waals surface area contributed by atoms with Crippen molar-refractivity contribution in [1.29, 1.82) is 0 Å². The molecule has 0 spiro atoms. The van der Waals surface area contributed by atoms with Crippen molar-refractivity contribution in [3.8, 4) is 0 Å². The smallest absolute Gasteiger partial charge is 0.0566 e. The van der Waals surface area contributed by atoms with Crippen LogP contribution >= 0.6 is 0 Å². The van der Waals surface area contributed by atoms with Gasteiger partial charge in [0.1, 0.15) is 0 Å². The van der Waals surface area contributed by atoms with E-state index in [-0.39, 0.29) is 0 Å². The van der Waals surface area contributed by atoms with Gasteiger partial charge in [0.15, 0.2) is 0 Å². The number of rotatable bonds is 3. The zero-order valence-electron chi connectivity index (χ0n) is 11.7. The van der Waals surface area contributed by atoms with Gasteiger partial charge in [0.2, 0.25) is 0 Å². The van der Waals surface area contributed by atoms with E-state index in [1.807, 2.05) is 0 Å². The molecule has 0 fully saturated rings. The van der Waals surface area contributed by atoms with Crippen LogP contribution in [-0.4, -0.2) is 8.07 Å². The van der Waals surface area contributed by atoms with Crippen molar-refractivity contribution in [2.75, 3.05) is 0 Å². The third-order valence-corrected chi connectivity index (χ3v) is 6.37. The van der Waals surface area contributed by atoms with E-state index >= 15 is 0 Å². The van der Waals surface area contributed by atoms with Crippen molar-refractivity contribution >= 4 is 13.6 Å². The molecular weight excluding hydrogens is 220 g/mol. The van der Waals surface area contributed by atoms with E-state index in [2.05, 4.69) is 63.8 Å². The molecule has 2 rings (SSSR count). The van der Waals surface area contributed by atoms with Crippen molar-refractivity contribution in [2.45, 2.75) is 45.5 Å². The Bertz CT molecular complexity index is 437. The highest BCUT2D eigenvalue weighted by Gasteiger charge is 2.33. The highest BCUT2D eigenvalue weighted by molar-refractivity contribution is 6.78. The molecule has 0 amide bonds. The van der Waals surface area contributed by atoms with Crippen molar-refractivity contribution in [1.82, 2.24) is 0 Å². The molecule has 0 aromatic heterocycles. The Labute approximate surface area is 107 Å². The second-order valence-corrected chi connectivity index (χ2v) is 11.7. The molecule has 0 radical (unpaired) electrons. The molecule has 0 bridgehead atoms. The van der Waals surface area contributed by atoms with Crippen LogP contribution < -0.4 is 0 Å². The first-order valence-corrected chi connectivity index (χ1v) is 10.3. The van der Waals surface area contributed by atoms with Crippen LogP contribution in [0.15, 0.2) is 30.3 Å². The van der Waals surface area contributed by atoms with Crippen molar-refractivity contribution in [3.63, 3.8) is 0 Å². The van der Waals surface area contributed by atoms with Crippen LogP contribution in [-0.2, 0) is 0 Å². The summed E-state index contributed by atoms with van der Waals surface area (Å²) < 4.78 is 0. The minimum Gasteiger partial charge on any atom is -0.0756 e. The monoisotopic (exact) mass is 244 g/mol. The molecule has 1 aromatic carbocycles. The normalized spacial score (nSPS) is 21.0. The lowest BCUT2D eigenvalue weighted by Crippen LogP contribution is -2.28. The van der Waals surface area contributed by atoms with E-state index in [9.17, 15) is 0 Å². The van der Waals surface area contributed by atoms with Gasteiger partial charge in [0.05, 0.1) is 8.07 Å². The largest absolute Gasteiger partial charge is 0.0756 e. The molecule has 0 saturated carbocycles. The zero-order valence-corrected chi connectivity index (χ0v) is 12.7. The fourth-order valence-corrected chi connectivity index (χ4v) is 4.62. The minimum atomic E-state index is -1.15. The Morgan fingerprint density at radius 2 is 1.82 bits per heavy atom. The highest BCUT2D eigenvalue weighted by atomic mass is 28.3. The predicted octanol–water partition coefficient (Wildman–Crippen LogP) is 5.09. The predicted molar refractivity (Wildman–Crippen MR) is 80.0 cm³/mol. The van der Waals surface area contributed by atoms with Crippen LogP contribution in [0, 0.1) is 5.92 Å². The number of hydrogen-bond acceptors (Lipinski definition) is 0. The first-order valence-electron chi connectivity index (χ1n) is 6.76. The summed E-state index contributed by atoms with van der Waals surface area (Å²) in [6, 6.07) is 9.03. The van der Waals surface area contributed by atoms with E-state index in [1.165, 1.54) is 12.0 Å². The van der Waals surface area contributed by atoms with Crippen LogP contribution in [0.5, 0.6) is 0 Å². The van der Waals surface area contributed by atoms with Gasteiger partial charge in [0.25, 0.3) is 0 Å². The molecule has 17 heavy (non-hydrogen) atoms. The molecule has 1 heteroatoms. The standard InChI is InChI=1S/C16H24Si/c1-6-12(2)15-11-16(17(3,4)5)14-10-8-7-9-13(14)15/h7-12,16H,6H2,1-5H3. The molecule has 0 heterocycles. The van der Waals surface area contributed by atoms with E-state index in [1.54, 1.807) is 11.1 Å². The molecule has 0 N–H and O–H groups in total. The maximum atomic E-state index is 2.57. The van der Waals surface area contributed by atoms with E-state index in [0.29, 0.717) is 11.5 Å². The van der Waals surface area contributed by atoms with Gasteiger partial charge in [-0.25, -0.2) is 0 Å². The molecule has 1 aliphatic carbocycles. The minimum absolute atomic E-state index is 0.692. The van der Waals surface area contributed by atoms with Crippen LogP contribution in [0.3, 0.4) is 0 Å². The summed E-state index contributed by atoms with van der Waals surface area (Å²) in [5.74, 6) is 0.692. The topological polar surface area (TPSA) is 0 Å². The average Bonchev–Trinajstić information content (AvgIpc) is 2.67. The first kappa shape index (κ1) is 12.6. The Hall–Kier alpha value is -0.823. The third kappa shape index (κ3) is 2.26. The molecule has 0 saturated heterocycles. The van der Waals surface area contributed by atoms with Gasteiger partial charge in [-0.1, -0.05) is 63.8 Å². The molecule has 0 aliphatic heterocycles. The van der Waals surface area contributed by atoms with E-state index in [0.717, 1.165) is 0 Å². The summed E-state index contributed by atoms with van der Waals surface area (Å²) in [6.45, 7) is 12.1. The average molecular weight is 244 g/mol. The molecular formula is C16H24Si. The van der Waals surface area contributed by atoms with Gasteiger partial charge in [-0.15, -0.1) is 0 Å². The Morgan fingerprint density at radius 1 is 1.18 bits per heavy atom. The summed E-state index contributed by atoms with van der Waals surface area (Å²) in [7, 11) is -1.15. The van der Waals surface area contributed by atoms with Crippen LogP contribution in [0.25, 0.3) is 5.57 Å². The van der Waals surface area contributed by atoms with Gasteiger partial charge in [-0.2, -0.15) is 0 Å². The molecule has 0 nitrogen and oxygen atoms in total. The zero-order chi connectivity index (χ0) is 12.6. The molecule has 2 unspecified atom stereocenters. The Morgan fingerprint density at radius 3 is 2.41 bits per heavy atom. The number of fused-ring (bicyclic) bond motifs is 1. The highest BCUT2D eigenvalue weighted by Crippen LogP contribution is 2.44. The lowest BCUT2D eigenvalue weighted by atomic mass is 9.93. The maximum Gasteiger partial charge on any atom is 0.0566 e. The molecule has 92 valence electrons. The fourth-order valence-electron chi connectivity index (χ4n) is 2.76. The lowest BCUT2D eigenvalue weighted by molar-refractivity contribution is 0.718. The summed E-state index contributed by atoms with van der Waals surface area (Å²) >= 11 is 0. The van der Waals surface area contributed by atoms with Crippen LogP contribution in [0.4, 0.5) is 0 Å². The quantitative estimate of drug-likeness (QED) is 0.650. The maximum absolute atomic E-state index is 2.57. The number of allylic oxidation sites excluding steroid dienone is 2. The Kier molecular flexibility index (Phi) is 3.31. The summed E-state index contributed by atoms with van der Waals surface area (Å²) in [4.78, 5) is 0. The SMILES string of the molecule is CCC(C)C1=CC([Si](C)(C)C)c2ccccc21. The Balaban J connectivity index is 2.50. The number of hydrogen-bond donors (Lipinski definition) is 0. The summed E-state index contributed by atoms with van der Waals surface area (Å²) in [5, 5.41) is 0. The van der Waals surface area contributed by atoms with E-state index in [4.69, 9.17) is 0 Å². The molecule has 1 aromatic rings. The van der Waals surface area contributed by atoms with Crippen LogP contribution in [0.1, 0.15) is 36.9 Å². The first-order chi connectivity index (χ1) is 7.95. The third-order valence-electron chi connectivity index (χ3n) is 4.03. The summed E-state index contributed by atoms with van der Waals surface area (Å²) in [5.41, 5.74) is 5.41. The molecule has 1 aliphatic rings. The van der Waals surface area contributed by atoms with E-state index < -0.39 is 8.07 Å². The number of benzene rings is 1. The van der Waals surface area contributed by atoms with Crippen LogP contribution in [0.2, 0.25) is 19.6 Å². The second kappa shape index (κ2) is 4.45. The fraction of sp³-hybridized carbons (Fsp3) is 0.500.